The lowest BCUT2D eigenvalue weighted by molar-refractivity contribution is 0.298. The molecule has 1 heterocycles. The predicted molar refractivity (Wildman–Crippen MR) is 136 cm³/mol. The second kappa shape index (κ2) is 15.2. The van der Waals surface area contributed by atoms with Gasteiger partial charge in [-0.1, -0.05) is 88.7 Å². The van der Waals surface area contributed by atoms with Gasteiger partial charge in [0.25, 0.3) is 0 Å². The maximum Gasteiger partial charge on any atom is 0.119 e. The van der Waals surface area contributed by atoms with Crippen molar-refractivity contribution in [3.8, 4) is 17.0 Å². The van der Waals surface area contributed by atoms with Crippen LogP contribution in [0.3, 0.4) is 0 Å². The van der Waals surface area contributed by atoms with E-state index in [-0.39, 0.29) is 0 Å². The Bertz CT molecular complexity index is 852. The van der Waals surface area contributed by atoms with Crippen LogP contribution in [0.15, 0.2) is 54.7 Å². The molecular weight excluding hydrogens is 396 g/mol. The highest BCUT2D eigenvalue weighted by Crippen LogP contribution is 2.20. The zero-order chi connectivity index (χ0) is 23.9. The van der Waals surface area contributed by atoms with Crippen molar-refractivity contribution in [3.05, 3.63) is 65.9 Å². The molecule has 5 nitrogen and oxygen atoms in total. The summed E-state index contributed by atoms with van der Waals surface area (Å²) in [5.74, 6) is 1.45. The first kappa shape index (κ1) is 27.4. The van der Waals surface area contributed by atoms with Crippen LogP contribution >= 0.6 is 0 Å². The van der Waals surface area contributed by atoms with Crippen LogP contribution < -0.4 is 10.1 Å². The topological polar surface area (TPSA) is 52.0 Å². The van der Waals surface area contributed by atoms with E-state index >= 15 is 0 Å². The van der Waals surface area contributed by atoms with Gasteiger partial charge < -0.3 is 10.1 Å². The van der Waals surface area contributed by atoms with E-state index in [1.54, 1.807) is 0 Å². The summed E-state index contributed by atoms with van der Waals surface area (Å²) in [6, 6.07) is 17.3. The van der Waals surface area contributed by atoms with Crippen molar-refractivity contribution in [1.29, 1.82) is 0 Å². The highest BCUT2D eigenvalue weighted by Gasteiger charge is 2.05. The Balaban J connectivity index is 0.000000646. The summed E-state index contributed by atoms with van der Waals surface area (Å²) in [4.78, 5) is 0. The van der Waals surface area contributed by atoms with Crippen LogP contribution in [0.25, 0.3) is 11.3 Å². The fourth-order valence-electron chi connectivity index (χ4n) is 2.63. The first-order chi connectivity index (χ1) is 15.4. The summed E-state index contributed by atoms with van der Waals surface area (Å²) in [5.41, 5.74) is 4.59. The molecule has 176 valence electrons. The molecule has 1 aromatic heterocycles. The number of hydrogen-bond donors (Lipinski definition) is 1. The highest BCUT2D eigenvalue weighted by atomic mass is 16.5. The van der Waals surface area contributed by atoms with Crippen LogP contribution in [-0.4, -0.2) is 34.7 Å². The van der Waals surface area contributed by atoms with E-state index in [1.165, 1.54) is 11.1 Å². The molecule has 1 N–H and O–H groups in total. The van der Waals surface area contributed by atoms with E-state index in [0.717, 1.165) is 30.0 Å². The summed E-state index contributed by atoms with van der Waals surface area (Å²) in [5, 5.41) is 11.5. The van der Waals surface area contributed by atoms with E-state index in [0.29, 0.717) is 18.6 Å². The molecule has 0 aliphatic heterocycles. The molecule has 0 bridgehead atoms. The first-order valence-electron chi connectivity index (χ1n) is 11.8. The lowest BCUT2D eigenvalue weighted by atomic mass is 10.0. The average Bonchev–Trinajstić information content (AvgIpc) is 3.28. The van der Waals surface area contributed by atoms with Crippen molar-refractivity contribution in [1.82, 2.24) is 20.3 Å². The summed E-state index contributed by atoms with van der Waals surface area (Å²) >= 11 is 0. The van der Waals surface area contributed by atoms with Crippen LogP contribution in [-0.2, 0) is 6.54 Å². The Morgan fingerprint density at radius 3 is 2.06 bits per heavy atom. The number of rotatable bonds is 8. The van der Waals surface area contributed by atoms with Gasteiger partial charge in [0.05, 0.1) is 12.8 Å². The highest BCUT2D eigenvalue weighted by molar-refractivity contribution is 5.58. The summed E-state index contributed by atoms with van der Waals surface area (Å²) in [6.45, 7) is 16.2. The van der Waals surface area contributed by atoms with Crippen LogP contribution in [0.5, 0.6) is 5.75 Å². The average molecular weight is 439 g/mol. The Morgan fingerprint density at radius 1 is 0.938 bits per heavy atom. The molecule has 0 aliphatic carbocycles. The Morgan fingerprint density at radius 2 is 1.53 bits per heavy atom. The van der Waals surface area contributed by atoms with Gasteiger partial charge in [-0.15, -0.1) is 5.10 Å². The molecule has 0 saturated heterocycles. The van der Waals surface area contributed by atoms with Crippen molar-refractivity contribution < 1.29 is 4.74 Å². The van der Waals surface area contributed by atoms with Crippen molar-refractivity contribution in [2.45, 2.75) is 73.4 Å². The van der Waals surface area contributed by atoms with Gasteiger partial charge in [0.2, 0.25) is 0 Å². The molecule has 32 heavy (non-hydrogen) atoms. The second-order valence-electron chi connectivity index (χ2n) is 8.10. The van der Waals surface area contributed by atoms with Gasteiger partial charge in [0.1, 0.15) is 11.4 Å². The van der Waals surface area contributed by atoms with E-state index in [4.69, 9.17) is 4.74 Å². The van der Waals surface area contributed by atoms with E-state index in [1.807, 2.05) is 43.9 Å². The number of hydrogen-bond acceptors (Lipinski definition) is 4. The summed E-state index contributed by atoms with van der Waals surface area (Å²) in [7, 11) is 1.95. The number of ether oxygens (including phenoxy) is 1. The van der Waals surface area contributed by atoms with Gasteiger partial charge in [-0.25, -0.2) is 0 Å². The fourth-order valence-corrected chi connectivity index (χ4v) is 2.63. The Labute approximate surface area is 195 Å². The zero-order valence-electron chi connectivity index (χ0n) is 21.2. The Hall–Kier alpha value is -2.66. The monoisotopic (exact) mass is 438 g/mol. The van der Waals surface area contributed by atoms with Gasteiger partial charge in [-0.05, 0) is 37.6 Å². The molecule has 0 fully saturated rings. The van der Waals surface area contributed by atoms with E-state index in [2.05, 4.69) is 86.6 Å². The van der Waals surface area contributed by atoms with Crippen LogP contribution in [0.1, 0.15) is 65.0 Å². The maximum absolute atomic E-state index is 5.75. The molecule has 0 saturated carbocycles. The number of nitrogens with zero attached hydrogens (tertiary/aromatic N) is 3. The summed E-state index contributed by atoms with van der Waals surface area (Å²) in [6.07, 6.45) is 2.89. The van der Waals surface area contributed by atoms with E-state index < -0.39 is 0 Å². The molecule has 0 spiro atoms. The number of aryl methyl sites for hydroxylation is 2. The molecule has 2 aromatic carbocycles. The Kier molecular flexibility index (Phi) is 13.0. The second-order valence-corrected chi connectivity index (χ2v) is 8.10. The minimum absolute atomic E-state index is 0.540. The molecule has 0 unspecified atom stereocenters. The van der Waals surface area contributed by atoms with Crippen molar-refractivity contribution in [2.75, 3.05) is 13.7 Å². The molecule has 0 aliphatic rings. The smallest absolute Gasteiger partial charge is 0.119 e. The maximum atomic E-state index is 5.75. The SMILES string of the molecule is CC.CNC(C)C.Cc1ccc(OCCCn2cc(-c3ccc(C(C)C)cc3)nn2)cc1. The van der Waals surface area contributed by atoms with Crippen molar-refractivity contribution in [3.63, 3.8) is 0 Å². The lowest BCUT2D eigenvalue weighted by Crippen LogP contribution is -2.15. The minimum Gasteiger partial charge on any atom is -0.494 e. The van der Waals surface area contributed by atoms with Crippen LogP contribution in [0.2, 0.25) is 0 Å². The van der Waals surface area contributed by atoms with Crippen LogP contribution in [0, 0.1) is 6.92 Å². The first-order valence-corrected chi connectivity index (χ1v) is 11.8. The lowest BCUT2D eigenvalue weighted by Gasteiger charge is -2.06. The predicted octanol–water partition coefficient (Wildman–Crippen LogP) is 6.49. The van der Waals surface area contributed by atoms with Gasteiger partial charge in [0, 0.05) is 24.6 Å². The standard InChI is InChI=1S/C21H25N3O.C4H11N.C2H6/c1-16(2)18-7-9-19(10-8-18)21-15-24(23-22-21)13-4-14-25-20-11-5-17(3)6-12-20;1-4(2)5-3;1-2/h5-12,15-16H,4,13-14H2,1-3H3;4-5H,1-3H3;1-2H3. The molecule has 0 radical (unpaired) electrons. The number of benzene rings is 2. The minimum atomic E-state index is 0.540. The molecular formula is C27H42N4O. The third-order valence-corrected chi connectivity index (χ3v) is 4.81. The molecule has 5 heteroatoms. The van der Waals surface area contributed by atoms with Gasteiger partial charge in [-0.2, -0.15) is 0 Å². The zero-order valence-corrected chi connectivity index (χ0v) is 21.2. The van der Waals surface area contributed by atoms with Crippen LogP contribution in [0.4, 0.5) is 0 Å². The fraction of sp³-hybridized carbons (Fsp3) is 0.481. The van der Waals surface area contributed by atoms with Gasteiger partial charge >= 0.3 is 0 Å². The number of aromatic nitrogens is 3. The largest absolute Gasteiger partial charge is 0.494 e. The molecule has 3 aromatic rings. The van der Waals surface area contributed by atoms with Gasteiger partial charge in [0.15, 0.2) is 0 Å². The third-order valence-electron chi connectivity index (χ3n) is 4.81. The summed E-state index contributed by atoms with van der Waals surface area (Å²) < 4.78 is 7.63. The van der Waals surface area contributed by atoms with Crippen molar-refractivity contribution >= 4 is 0 Å². The molecule has 0 amide bonds. The number of nitrogens with one attached hydrogen (secondary N) is 1. The normalized spacial score (nSPS) is 10.3. The van der Waals surface area contributed by atoms with Crippen molar-refractivity contribution in [2.24, 2.45) is 0 Å². The van der Waals surface area contributed by atoms with E-state index in [9.17, 15) is 0 Å². The molecule has 3 rings (SSSR count). The quantitative estimate of drug-likeness (QED) is 0.409. The third kappa shape index (κ3) is 10.1. The van der Waals surface area contributed by atoms with Gasteiger partial charge in [-0.3, -0.25) is 4.68 Å². The molecule has 0 atom stereocenters.